The zero-order valence-corrected chi connectivity index (χ0v) is 11.8. The monoisotopic (exact) mass is 269 g/mol. The van der Waals surface area contributed by atoms with E-state index >= 15 is 0 Å². The molecule has 2 rings (SSSR count). The van der Waals surface area contributed by atoms with E-state index < -0.39 is 5.97 Å². The van der Waals surface area contributed by atoms with Crippen molar-refractivity contribution in [3.63, 3.8) is 0 Å². The van der Waals surface area contributed by atoms with Crippen LogP contribution in [0.2, 0.25) is 0 Å². The first-order valence-electron chi connectivity index (χ1n) is 6.65. The van der Waals surface area contributed by atoms with Gasteiger partial charge in [0, 0.05) is 0 Å². The Hall–Kier alpha value is -2.13. The van der Waals surface area contributed by atoms with Crippen molar-refractivity contribution >= 4 is 5.97 Å². The predicted octanol–water partition coefficient (Wildman–Crippen LogP) is 3.07. The number of rotatable bonds is 5. The predicted molar refractivity (Wildman–Crippen MR) is 79.8 cm³/mol. The second-order valence-electron chi connectivity index (χ2n) is 4.98. The number of nitrogens with one attached hydrogen (secondary N) is 1. The van der Waals surface area contributed by atoms with E-state index in [1.807, 2.05) is 30.3 Å². The first kappa shape index (κ1) is 14.3. The highest BCUT2D eigenvalue weighted by Gasteiger charge is 2.16. The van der Waals surface area contributed by atoms with Crippen LogP contribution >= 0.6 is 0 Å². The van der Waals surface area contributed by atoms with Crippen molar-refractivity contribution in [2.75, 3.05) is 6.54 Å². The van der Waals surface area contributed by atoms with E-state index in [0.717, 1.165) is 16.7 Å². The SMILES string of the molecule is Cc1ccc(C(NCC(=O)O)c2ccccc2)c(C)c1. The average Bonchev–Trinajstić information content (AvgIpc) is 2.42. The first-order valence-corrected chi connectivity index (χ1v) is 6.65. The van der Waals surface area contributed by atoms with Gasteiger partial charge in [-0.3, -0.25) is 10.1 Å². The number of aliphatic carboxylic acids is 1. The van der Waals surface area contributed by atoms with E-state index in [2.05, 4.69) is 37.4 Å². The topological polar surface area (TPSA) is 49.3 Å². The maximum Gasteiger partial charge on any atom is 0.317 e. The molecule has 0 aliphatic rings. The van der Waals surface area contributed by atoms with Gasteiger partial charge in [0.2, 0.25) is 0 Å². The molecule has 0 aromatic heterocycles. The van der Waals surface area contributed by atoms with Crippen molar-refractivity contribution in [3.05, 3.63) is 70.8 Å². The van der Waals surface area contributed by atoms with E-state index in [9.17, 15) is 4.79 Å². The highest BCUT2D eigenvalue weighted by molar-refractivity contribution is 5.69. The van der Waals surface area contributed by atoms with Gasteiger partial charge in [0.1, 0.15) is 0 Å². The Morgan fingerprint density at radius 2 is 1.85 bits per heavy atom. The van der Waals surface area contributed by atoms with Crippen molar-refractivity contribution in [1.29, 1.82) is 0 Å². The zero-order valence-electron chi connectivity index (χ0n) is 11.8. The Balaban J connectivity index is 2.37. The largest absolute Gasteiger partial charge is 0.480 e. The van der Waals surface area contributed by atoms with Gasteiger partial charge in [0.25, 0.3) is 0 Å². The van der Waals surface area contributed by atoms with Gasteiger partial charge in [-0.2, -0.15) is 0 Å². The van der Waals surface area contributed by atoms with Gasteiger partial charge in [-0.25, -0.2) is 0 Å². The van der Waals surface area contributed by atoms with Crippen LogP contribution in [-0.2, 0) is 4.79 Å². The molecule has 2 N–H and O–H groups in total. The van der Waals surface area contributed by atoms with Crippen molar-refractivity contribution in [2.24, 2.45) is 0 Å². The van der Waals surface area contributed by atoms with Crippen molar-refractivity contribution < 1.29 is 9.90 Å². The Morgan fingerprint density at radius 1 is 1.15 bits per heavy atom. The zero-order chi connectivity index (χ0) is 14.5. The Morgan fingerprint density at radius 3 is 2.45 bits per heavy atom. The summed E-state index contributed by atoms with van der Waals surface area (Å²) in [6.07, 6.45) is 0. The van der Waals surface area contributed by atoms with E-state index in [1.54, 1.807) is 0 Å². The molecular formula is C17H19NO2. The fourth-order valence-electron chi connectivity index (χ4n) is 2.39. The third-order valence-corrected chi connectivity index (χ3v) is 3.33. The number of benzene rings is 2. The number of aryl methyl sites for hydroxylation is 2. The second kappa shape index (κ2) is 6.35. The molecule has 0 radical (unpaired) electrons. The molecule has 0 bridgehead atoms. The standard InChI is InChI=1S/C17H19NO2/c1-12-8-9-15(13(2)10-12)17(18-11-16(19)20)14-6-4-3-5-7-14/h3-10,17-18H,11H2,1-2H3,(H,19,20). The molecule has 20 heavy (non-hydrogen) atoms. The summed E-state index contributed by atoms with van der Waals surface area (Å²) in [5, 5.41) is 12.0. The molecule has 1 unspecified atom stereocenters. The lowest BCUT2D eigenvalue weighted by Crippen LogP contribution is -2.28. The summed E-state index contributed by atoms with van der Waals surface area (Å²) in [7, 11) is 0. The molecule has 0 saturated heterocycles. The Bertz CT molecular complexity index is 593. The quantitative estimate of drug-likeness (QED) is 0.877. The molecule has 2 aromatic rings. The van der Waals surface area contributed by atoms with Gasteiger partial charge in [-0.1, -0.05) is 54.1 Å². The second-order valence-corrected chi connectivity index (χ2v) is 4.98. The molecular weight excluding hydrogens is 250 g/mol. The molecule has 0 fully saturated rings. The highest BCUT2D eigenvalue weighted by Crippen LogP contribution is 2.25. The Labute approximate surface area is 119 Å². The van der Waals surface area contributed by atoms with Gasteiger partial charge < -0.3 is 5.11 Å². The maximum absolute atomic E-state index is 10.8. The molecule has 0 spiro atoms. The van der Waals surface area contributed by atoms with Crippen LogP contribution in [-0.4, -0.2) is 17.6 Å². The molecule has 0 aliphatic carbocycles. The van der Waals surface area contributed by atoms with Crippen LogP contribution in [0.3, 0.4) is 0 Å². The molecule has 3 heteroatoms. The summed E-state index contributed by atoms with van der Waals surface area (Å²) in [6, 6.07) is 16.1. The van der Waals surface area contributed by atoms with Gasteiger partial charge in [0.15, 0.2) is 0 Å². The number of hydrogen-bond acceptors (Lipinski definition) is 2. The third kappa shape index (κ3) is 3.45. The van der Waals surface area contributed by atoms with E-state index in [-0.39, 0.29) is 12.6 Å². The minimum Gasteiger partial charge on any atom is -0.480 e. The highest BCUT2D eigenvalue weighted by atomic mass is 16.4. The number of carboxylic acids is 1. The van der Waals surface area contributed by atoms with Crippen molar-refractivity contribution in [3.8, 4) is 0 Å². The lowest BCUT2D eigenvalue weighted by Gasteiger charge is -2.21. The summed E-state index contributed by atoms with van der Waals surface area (Å²) in [5.74, 6) is -0.851. The summed E-state index contributed by atoms with van der Waals surface area (Å²) in [6.45, 7) is 4.05. The fourth-order valence-corrected chi connectivity index (χ4v) is 2.39. The summed E-state index contributed by atoms with van der Waals surface area (Å²) in [5.41, 5.74) is 4.55. The van der Waals surface area contributed by atoms with Crippen LogP contribution < -0.4 is 5.32 Å². The first-order chi connectivity index (χ1) is 9.58. The van der Waals surface area contributed by atoms with E-state index in [0.29, 0.717) is 0 Å². The minimum atomic E-state index is -0.851. The van der Waals surface area contributed by atoms with Crippen LogP contribution in [0.5, 0.6) is 0 Å². The van der Waals surface area contributed by atoms with Gasteiger partial charge in [-0.05, 0) is 30.5 Å². The van der Waals surface area contributed by atoms with Crippen molar-refractivity contribution in [2.45, 2.75) is 19.9 Å². The van der Waals surface area contributed by atoms with Gasteiger partial charge >= 0.3 is 5.97 Å². The summed E-state index contributed by atoms with van der Waals surface area (Å²) < 4.78 is 0. The fraction of sp³-hybridized carbons (Fsp3) is 0.235. The molecule has 1 atom stereocenters. The average molecular weight is 269 g/mol. The van der Waals surface area contributed by atoms with Crippen LogP contribution in [0.4, 0.5) is 0 Å². The van der Waals surface area contributed by atoms with Crippen LogP contribution in [0.25, 0.3) is 0 Å². The molecule has 2 aromatic carbocycles. The molecule has 0 saturated carbocycles. The van der Waals surface area contributed by atoms with Gasteiger partial charge in [-0.15, -0.1) is 0 Å². The van der Waals surface area contributed by atoms with E-state index in [1.165, 1.54) is 5.56 Å². The lowest BCUT2D eigenvalue weighted by atomic mass is 9.94. The van der Waals surface area contributed by atoms with Crippen LogP contribution in [0.1, 0.15) is 28.3 Å². The third-order valence-electron chi connectivity index (χ3n) is 3.33. The summed E-state index contributed by atoms with van der Waals surface area (Å²) in [4.78, 5) is 10.8. The normalized spacial score (nSPS) is 12.1. The Kier molecular flexibility index (Phi) is 4.53. The number of carboxylic acid groups (broad SMARTS) is 1. The van der Waals surface area contributed by atoms with Crippen LogP contribution in [0.15, 0.2) is 48.5 Å². The lowest BCUT2D eigenvalue weighted by molar-refractivity contribution is -0.136. The molecule has 104 valence electrons. The minimum absolute atomic E-state index is 0.0626. The summed E-state index contributed by atoms with van der Waals surface area (Å²) >= 11 is 0. The maximum atomic E-state index is 10.8. The number of hydrogen-bond donors (Lipinski definition) is 2. The van der Waals surface area contributed by atoms with Crippen molar-refractivity contribution in [1.82, 2.24) is 5.32 Å². The number of carbonyl (C=O) groups is 1. The molecule has 3 nitrogen and oxygen atoms in total. The van der Waals surface area contributed by atoms with Crippen LogP contribution in [0, 0.1) is 13.8 Å². The molecule has 0 amide bonds. The van der Waals surface area contributed by atoms with Gasteiger partial charge in [0.05, 0.1) is 12.6 Å². The smallest absolute Gasteiger partial charge is 0.317 e. The molecule has 0 heterocycles. The molecule has 0 aliphatic heterocycles. The van der Waals surface area contributed by atoms with E-state index in [4.69, 9.17) is 5.11 Å².